The Bertz CT molecular complexity index is 224. The molecule has 2 atom stereocenters. The average molecular weight is 211 g/mol. The lowest BCUT2D eigenvalue weighted by Crippen LogP contribution is -2.31. The Morgan fingerprint density at radius 3 is 2.60 bits per heavy atom. The van der Waals surface area contributed by atoms with Crippen molar-refractivity contribution in [2.45, 2.75) is 44.6 Å². The highest BCUT2D eigenvalue weighted by Crippen LogP contribution is 2.34. The third kappa shape index (κ3) is 2.51. The molecule has 0 unspecified atom stereocenters. The maximum atomic E-state index is 11.4. The van der Waals surface area contributed by atoms with Crippen molar-refractivity contribution in [1.82, 2.24) is 5.32 Å². The zero-order valence-corrected chi connectivity index (χ0v) is 9.50. The Labute approximate surface area is 91.6 Å². The average Bonchev–Trinajstić information content (AvgIpc) is 2.78. The number of carbonyl (C=O) groups is 1. The zero-order chi connectivity index (χ0) is 10.7. The third-order valence-electron chi connectivity index (χ3n) is 3.97. The molecule has 0 amide bonds. The van der Waals surface area contributed by atoms with Gasteiger partial charge in [-0.15, -0.1) is 0 Å². The van der Waals surface area contributed by atoms with Crippen molar-refractivity contribution >= 4 is 5.97 Å². The quantitative estimate of drug-likeness (QED) is 0.707. The first-order valence-corrected chi connectivity index (χ1v) is 6.12. The molecule has 2 aliphatic rings. The SMILES string of the molecule is COC(=O)[C@@H]1C[C@H](C2CCCCC2)CN1. The molecular weight excluding hydrogens is 190 g/mol. The van der Waals surface area contributed by atoms with Gasteiger partial charge in [-0.1, -0.05) is 32.1 Å². The first-order chi connectivity index (χ1) is 7.31. The molecule has 1 saturated carbocycles. The van der Waals surface area contributed by atoms with Crippen LogP contribution in [0.15, 0.2) is 0 Å². The Kier molecular flexibility index (Phi) is 3.62. The molecule has 0 radical (unpaired) electrons. The number of carbonyl (C=O) groups excluding carboxylic acids is 1. The van der Waals surface area contributed by atoms with Gasteiger partial charge in [0.2, 0.25) is 0 Å². The second-order valence-corrected chi connectivity index (χ2v) is 4.88. The molecule has 0 aromatic carbocycles. The van der Waals surface area contributed by atoms with Gasteiger partial charge in [0.15, 0.2) is 0 Å². The van der Waals surface area contributed by atoms with Gasteiger partial charge in [0, 0.05) is 0 Å². The van der Waals surface area contributed by atoms with Gasteiger partial charge in [0.25, 0.3) is 0 Å². The molecule has 0 spiro atoms. The minimum atomic E-state index is -0.0895. The molecule has 0 aromatic heterocycles. The van der Waals surface area contributed by atoms with E-state index >= 15 is 0 Å². The van der Waals surface area contributed by atoms with E-state index in [2.05, 4.69) is 5.32 Å². The van der Waals surface area contributed by atoms with E-state index in [0.717, 1.165) is 18.9 Å². The molecule has 3 heteroatoms. The fraction of sp³-hybridized carbons (Fsp3) is 0.917. The Morgan fingerprint density at radius 1 is 1.20 bits per heavy atom. The van der Waals surface area contributed by atoms with Crippen molar-refractivity contribution in [2.75, 3.05) is 13.7 Å². The Hall–Kier alpha value is -0.570. The van der Waals surface area contributed by atoms with Crippen molar-refractivity contribution in [1.29, 1.82) is 0 Å². The second kappa shape index (κ2) is 4.97. The highest BCUT2D eigenvalue weighted by atomic mass is 16.5. The van der Waals surface area contributed by atoms with Gasteiger partial charge in [-0.05, 0) is 24.8 Å². The molecule has 0 bridgehead atoms. The second-order valence-electron chi connectivity index (χ2n) is 4.88. The van der Waals surface area contributed by atoms with Crippen molar-refractivity contribution < 1.29 is 9.53 Å². The van der Waals surface area contributed by atoms with Gasteiger partial charge in [-0.3, -0.25) is 4.79 Å². The van der Waals surface area contributed by atoms with Gasteiger partial charge >= 0.3 is 5.97 Å². The molecule has 3 nitrogen and oxygen atoms in total. The van der Waals surface area contributed by atoms with E-state index in [1.807, 2.05) is 0 Å². The van der Waals surface area contributed by atoms with Crippen LogP contribution in [-0.2, 0) is 9.53 Å². The van der Waals surface area contributed by atoms with E-state index in [4.69, 9.17) is 4.74 Å². The fourth-order valence-corrected chi connectivity index (χ4v) is 3.05. The lowest BCUT2D eigenvalue weighted by atomic mass is 9.79. The smallest absolute Gasteiger partial charge is 0.322 e. The first kappa shape index (κ1) is 10.9. The molecule has 86 valence electrons. The Morgan fingerprint density at radius 2 is 1.93 bits per heavy atom. The van der Waals surface area contributed by atoms with Crippen molar-refractivity contribution in [3.8, 4) is 0 Å². The summed E-state index contributed by atoms with van der Waals surface area (Å²) in [5.41, 5.74) is 0. The highest BCUT2D eigenvalue weighted by Gasteiger charge is 2.34. The van der Waals surface area contributed by atoms with Crippen molar-refractivity contribution in [2.24, 2.45) is 11.8 Å². The monoisotopic (exact) mass is 211 g/mol. The van der Waals surface area contributed by atoms with Gasteiger partial charge < -0.3 is 10.1 Å². The topological polar surface area (TPSA) is 38.3 Å². The van der Waals surface area contributed by atoms with Crippen LogP contribution in [0.4, 0.5) is 0 Å². The predicted octanol–water partition coefficient (Wildman–Crippen LogP) is 1.72. The van der Waals surface area contributed by atoms with Crippen LogP contribution in [0.5, 0.6) is 0 Å². The number of ether oxygens (including phenoxy) is 1. The predicted molar refractivity (Wildman–Crippen MR) is 58.5 cm³/mol. The molecule has 1 aliphatic heterocycles. The van der Waals surface area contributed by atoms with Gasteiger partial charge in [0.05, 0.1) is 7.11 Å². The number of esters is 1. The van der Waals surface area contributed by atoms with Gasteiger partial charge in [-0.2, -0.15) is 0 Å². The standard InChI is InChI=1S/C12H21NO2/c1-15-12(14)11-7-10(8-13-11)9-5-3-2-4-6-9/h9-11,13H,2-8H2,1H3/t10-,11-/m0/s1. The number of nitrogens with one attached hydrogen (secondary N) is 1. The molecule has 1 heterocycles. The molecule has 1 N–H and O–H groups in total. The van der Waals surface area contributed by atoms with Crippen LogP contribution in [0.1, 0.15) is 38.5 Å². The van der Waals surface area contributed by atoms with Crippen LogP contribution in [0.3, 0.4) is 0 Å². The molecular formula is C12H21NO2. The summed E-state index contributed by atoms with van der Waals surface area (Å²) in [7, 11) is 1.47. The molecule has 2 rings (SSSR count). The van der Waals surface area contributed by atoms with Crippen LogP contribution in [0.2, 0.25) is 0 Å². The van der Waals surface area contributed by atoms with E-state index in [1.54, 1.807) is 0 Å². The Balaban J connectivity index is 1.83. The largest absolute Gasteiger partial charge is 0.468 e. The molecule has 15 heavy (non-hydrogen) atoms. The third-order valence-corrected chi connectivity index (χ3v) is 3.97. The number of hydrogen-bond acceptors (Lipinski definition) is 3. The maximum absolute atomic E-state index is 11.4. The summed E-state index contributed by atoms with van der Waals surface area (Å²) in [4.78, 5) is 11.4. The van der Waals surface area contributed by atoms with Crippen LogP contribution >= 0.6 is 0 Å². The molecule has 1 saturated heterocycles. The van der Waals surface area contributed by atoms with E-state index < -0.39 is 0 Å². The number of rotatable bonds is 2. The summed E-state index contributed by atoms with van der Waals surface area (Å²) in [5.74, 6) is 1.46. The first-order valence-electron chi connectivity index (χ1n) is 6.12. The summed E-state index contributed by atoms with van der Waals surface area (Å²) < 4.78 is 4.77. The minimum Gasteiger partial charge on any atom is -0.468 e. The van der Waals surface area contributed by atoms with Crippen molar-refractivity contribution in [3.63, 3.8) is 0 Å². The zero-order valence-electron chi connectivity index (χ0n) is 9.50. The van der Waals surface area contributed by atoms with Crippen LogP contribution in [0, 0.1) is 11.8 Å². The van der Waals surface area contributed by atoms with Crippen LogP contribution in [-0.4, -0.2) is 25.7 Å². The number of methoxy groups -OCH3 is 1. The highest BCUT2D eigenvalue weighted by molar-refractivity contribution is 5.76. The fourth-order valence-electron chi connectivity index (χ4n) is 3.05. The molecule has 1 aliphatic carbocycles. The lowest BCUT2D eigenvalue weighted by Gasteiger charge is -2.26. The maximum Gasteiger partial charge on any atom is 0.322 e. The van der Waals surface area contributed by atoms with E-state index in [0.29, 0.717) is 5.92 Å². The van der Waals surface area contributed by atoms with E-state index in [1.165, 1.54) is 39.2 Å². The van der Waals surface area contributed by atoms with E-state index in [9.17, 15) is 4.79 Å². The summed E-state index contributed by atoms with van der Waals surface area (Å²) in [6.07, 6.45) is 7.86. The van der Waals surface area contributed by atoms with Crippen molar-refractivity contribution in [3.05, 3.63) is 0 Å². The summed E-state index contributed by atoms with van der Waals surface area (Å²) >= 11 is 0. The van der Waals surface area contributed by atoms with E-state index in [-0.39, 0.29) is 12.0 Å². The molecule has 0 aromatic rings. The summed E-state index contributed by atoms with van der Waals surface area (Å²) in [6, 6.07) is -0.0399. The normalized spacial score (nSPS) is 32.9. The number of hydrogen-bond donors (Lipinski definition) is 1. The summed E-state index contributed by atoms with van der Waals surface area (Å²) in [6.45, 7) is 1.00. The van der Waals surface area contributed by atoms with Gasteiger partial charge in [0.1, 0.15) is 6.04 Å². The lowest BCUT2D eigenvalue weighted by molar-refractivity contribution is -0.142. The summed E-state index contributed by atoms with van der Waals surface area (Å²) in [5, 5.41) is 3.28. The molecule has 2 fully saturated rings. The van der Waals surface area contributed by atoms with Gasteiger partial charge in [-0.25, -0.2) is 0 Å². The van der Waals surface area contributed by atoms with Crippen LogP contribution in [0.25, 0.3) is 0 Å². The van der Waals surface area contributed by atoms with Crippen LogP contribution < -0.4 is 5.32 Å². The minimum absolute atomic E-state index is 0.0399.